The number of halogens is 1. The standard InChI is InChI=1S/C15H23ClN2O2/c1-5-12(6-2)18(7-8-20-4)15(19)13-10-17-11(3)9-14(13)16/h9-10,12H,5-8H2,1-4H3. The van der Waals surface area contributed by atoms with E-state index >= 15 is 0 Å². The van der Waals surface area contributed by atoms with Gasteiger partial charge in [-0.05, 0) is 25.8 Å². The first-order chi connectivity index (χ1) is 9.54. The lowest BCUT2D eigenvalue weighted by atomic mass is 10.1. The highest BCUT2D eigenvalue weighted by Gasteiger charge is 2.24. The first kappa shape index (κ1) is 16.9. The van der Waals surface area contributed by atoms with E-state index in [1.54, 1.807) is 19.4 Å². The highest BCUT2D eigenvalue weighted by atomic mass is 35.5. The summed E-state index contributed by atoms with van der Waals surface area (Å²) in [5, 5.41) is 0.455. The maximum atomic E-state index is 12.7. The monoisotopic (exact) mass is 298 g/mol. The Morgan fingerprint density at radius 1 is 1.45 bits per heavy atom. The van der Waals surface area contributed by atoms with Crippen LogP contribution >= 0.6 is 11.6 Å². The molecule has 0 bridgehead atoms. The van der Waals surface area contributed by atoms with Gasteiger partial charge in [0, 0.05) is 31.6 Å². The van der Waals surface area contributed by atoms with Gasteiger partial charge in [0.15, 0.2) is 0 Å². The number of methoxy groups -OCH3 is 1. The van der Waals surface area contributed by atoms with Crippen molar-refractivity contribution in [2.75, 3.05) is 20.3 Å². The van der Waals surface area contributed by atoms with Crippen molar-refractivity contribution in [2.24, 2.45) is 0 Å². The zero-order chi connectivity index (χ0) is 15.1. The summed E-state index contributed by atoms with van der Waals surface area (Å²) in [6.45, 7) is 7.08. The summed E-state index contributed by atoms with van der Waals surface area (Å²) in [7, 11) is 1.63. The summed E-state index contributed by atoms with van der Waals surface area (Å²) in [5.74, 6) is -0.0757. The van der Waals surface area contributed by atoms with Crippen molar-refractivity contribution in [3.8, 4) is 0 Å². The van der Waals surface area contributed by atoms with E-state index in [0.717, 1.165) is 18.5 Å². The average molecular weight is 299 g/mol. The third-order valence-electron chi connectivity index (χ3n) is 3.40. The van der Waals surface area contributed by atoms with Crippen molar-refractivity contribution in [2.45, 2.75) is 39.7 Å². The minimum Gasteiger partial charge on any atom is -0.383 e. The topological polar surface area (TPSA) is 42.4 Å². The zero-order valence-electron chi connectivity index (χ0n) is 12.6. The number of carbonyl (C=O) groups excluding carboxylic acids is 1. The lowest BCUT2D eigenvalue weighted by Gasteiger charge is -2.30. The molecule has 0 saturated carbocycles. The van der Waals surface area contributed by atoms with Gasteiger partial charge in [-0.1, -0.05) is 25.4 Å². The average Bonchev–Trinajstić information content (AvgIpc) is 2.43. The Morgan fingerprint density at radius 3 is 2.60 bits per heavy atom. The lowest BCUT2D eigenvalue weighted by Crippen LogP contribution is -2.42. The molecule has 20 heavy (non-hydrogen) atoms. The van der Waals surface area contributed by atoms with Crippen LogP contribution in [0.1, 0.15) is 42.7 Å². The summed E-state index contributed by atoms with van der Waals surface area (Å²) in [6, 6.07) is 1.91. The van der Waals surface area contributed by atoms with Gasteiger partial charge < -0.3 is 9.64 Å². The van der Waals surface area contributed by atoms with Gasteiger partial charge in [0.1, 0.15) is 0 Å². The van der Waals surface area contributed by atoms with Crippen LogP contribution in [0.15, 0.2) is 12.3 Å². The number of carbonyl (C=O) groups is 1. The van der Waals surface area contributed by atoms with Crippen LogP contribution in [-0.4, -0.2) is 42.1 Å². The Bertz CT molecular complexity index is 447. The van der Waals surface area contributed by atoms with E-state index in [0.29, 0.717) is 23.7 Å². The van der Waals surface area contributed by atoms with Crippen LogP contribution in [0, 0.1) is 6.92 Å². The van der Waals surface area contributed by atoms with Gasteiger partial charge >= 0.3 is 0 Å². The summed E-state index contributed by atoms with van der Waals surface area (Å²) in [4.78, 5) is 18.7. The highest BCUT2D eigenvalue weighted by molar-refractivity contribution is 6.33. The molecule has 0 radical (unpaired) electrons. The van der Waals surface area contributed by atoms with Gasteiger partial charge in [-0.15, -0.1) is 0 Å². The molecule has 0 aliphatic heterocycles. The lowest BCUT2D eigenvalue weighted by molar-refractivity contribution is 0.0589. The predicted molar refractivity (Wildman–Crippen MR) is 81.3 cm³/mol. The van der Waals surface area contributed by atoms with E-state index in [-0.39, 0.29) is 11.9 Å². The molecule has 5 heteroatoms. The number of amides is 1. The van der Waals surface area contributed by atoms with Crippen LogP contribution in [0.2, 0.25) is 5.02 Å². The molecule has 0 N–H and O–H groups in total. The molecule has 0 fully saturated rings. The van der Waals surface area contributed by atoms with Gasteiger partial charge in [-0.3, -0.25) is 9.78 Å². The van der Waals surface area contributed by atoms with Crippen LogP contribution < -0.4 is 0 Å². The van der Waals surface area contributed by atoms with Crippen molar-refractivity contribution in [3.63, 3.8) is 0 Å². The van der Waals surface area contributed by atoms with Crippen molar-refractivity contribution in [1.29, 1.82) is 0 Å². The minimum absolute atomic E-state index is 0.0757. The van der Waals surface area contributed by atoms with E-state index in [1.807, 2.05) is 11.8 Å². The van der Waals surface area contributed by atoms with Gasteiger partial charge in [0.05, 0.1) is 17.2 Å². The Balaban J connectivity index is 3.02. The van der Waals surface area contributed by atoms with E-state index < -0.39 is 0 Å². The molecule has 1 aromatic heterocycles. The highest BCUT2D eigenvalue weighted by Crippen LogP contribution is 2.20. The van der Waals surface area contributed by atoms with Crippen LogP contribution in [0.3, 0.4) is 0 Å². The third-order valence-corrected chi connectivity index (χ3v) is 3.71. The van der Waals surface area contributed by atoms with Crippen LogP contribution in [0.5, 0.6) is 0 Å². The number of hydrogen-bond donors (Lipinski definition) is 0. The quantitative estimate of drug-likeness (QED) is 0.775. The first-order valence-electron chi connectivity index (χ1n) is 6.97. The van der Waals surface area contributed by atoms with Crippen molar-refractivity contribution in [3.05, 3.63) is 28.5 Å². The van der Waals surface area contributed by atoms with Crippen LogP contribution in [0.25, 0.3) is 0 Å². The summed E-state index contributed by atoms with van der Waals surface area (Å²) in [6.07, 6.45) is 3.37. The second-order valence-corrected chi connectivity index (χ2v) is 5.17. The molecular weight excluding hydrogens is 276 g/mol. The molecule has 1 aromatic rings. The Labute approximate surface area is 126 Å². The third kappa shape index (κ3) is 4.18. The number of ether oxygens (including phenoxy) is 1. The van der Waals surface area contributed by atoms with Crippen molar-refractivity contribution in [1.82, 2.24) is 9.88 Å². The molecule has 1 heterocycles. The normalized spacial score (nSPS) is 10.9. The number of pyridine rings is 1. The first-order valence-corrected chi connectivity index (χ1v) is 7.34. The second kappa shape index (κ2) is 8.22. The fourth-order valence-corrected chi connectivity index (χ4v) is 2.50. The van der Waals surface area contributed by atoms with Gasteiger partial charge in [-0.2, -0.15) is 0 Å². The molecule has 1 amide bonds. The van der Waals surface area contributed by atoms with E-state index in [4.69, 9.17) is 16.3 Å². The van der Waals surface area contributed by atoms with Gasteiger partial charge in [-0.25, -0.2) is 0 Å². The molecule has 1 rings (SSSR count). The predicted octanol–water partition coefficient (Wildman–Crippen LogP) is 3.32. The molecule has 0 aromatic carbocycles. The largest absolute Gasteiger partial charge is 0.383 e. The fraction of sp³-hybridized carbons (Fsp3) is 0.600. The maximum absolute atomic E-state index is 12.7. The second-order valence-electron chi connectivity index (χ2n) is 4.77. The van der Waals surface area contributed by atoms with Crippen molar-refractivity contribution >= 4 is 17.5 Å². The maximum Gasteiger partial charge on any atom is 0.257 e. The number of nitrogens with zero attached hydrogens (tertiary/aromatic N) is 2. The smallest absolute Gasteiger partial charge is 0.257 e. The molecular formula is C15H23ClN2O2. The van der Waals surface area contributed by atoms with Gasteiger partial charge in [0.2, 0.25) is 0 Å². The molecule has 0 unspecified atom stereocenters. The van der Waals surface area contributed by atoms with E-state index in [9.17, 15) is 4.79 Å². The Kier molecular flexibility index (Phi) is 6.96. The zero-order valence-corrected chi connectivity index (χ0v) is 13.4. The molecule has 0 aliphatic carbocycles. The summed E-state index contributed by atoms with van der Waals surface area (Å²) in [5.41, 5.74) is 1.26. The number of hydrogen-bond acceptors (Lipinski definition) is 3. The number of aromatic nitrogens is 1. The molecule has 0 aliphatic rings. The Morgan fingerprint density at radius 2 is 2.10 bits per heavy atom. The molecule has 112 valence electrons. The molecule has 4 nitrogen and oxygen atoms in total. The minimum atomic E-state index is -0.0757. The SMILES string of the molecule is CCC(CC)N(CCOC)C(=O)c1cnc(C)cc1Cl. The Hall–Kier alpha value is -1.13. The number of rotatable bonds is 7. The van der Waals surface area contributed by atoms with Crippen molar-refractivity contribution < 1.29 is 9.53 Å². The van der Waals surface area contributed by atoms with E-state index in [2.05, 4.69) is 18.8 Å². The van der Waals surface area contributed by atoms with Crippen LogP contribution in [0.4, 0.5) is 0 Å². The molecule has 0 atom stereocenters. The van der Waals surface area contributed by atoms with Crippen LogP contribution in [-0.2, 0) is 4.74 Å². The summed E-state index contributed by atoms with van der Waals surface area (Å²) >= 11 is 6.17. The van der Waals surface area contributed by atoms with E-state index in [1.165, 1.54) is 0 Å². The number of aryl methyl sites for hydroxylation is 1. The van der Waals surface area contributed by atoms with Gasteiger partial charge in [0.25, 0.3) is 5.91 Å². The fourth-order valence-electron chi connectivity index (χ4n) is 2.21. The molecule has 0 saturated heterocycles. The molecule has 0 spiro atoms. The summed E-state index contributed by atoms with van der Waals surface area (Å²) < 4.78 is 5.10.